The number of hydrogen-bond donors (Lipinski definition) is 2. The Morgan fingerprint density at radius 1 is 1.10 bits per heavy atom. The summed E-state index contributed by atoms with van der Waals surface area (Å²) < 4.78 is 5.30. The maximum Gasteiger partial charge on any atom is 0.319 e. The van der Waals surface area contributed by atoms with Crippen molar-refractivity contribution < 1.29 is 9.32 Å². The first-order chi connectivity index (χ1) is 15.1. The van der Waals surface area contributed by atoms with E-state index in [9.17, 15) is 4.79 Å². The van der Waals surface area contributed by atoms with E-state index in [0.717, 1.165) is 24.2 Å². The van der Waals surface area contributed by atoms with Crippen molar-refractivity contribution in [3.05, 3.63) is 59.9 Å². The van der Waals surface area contributed by atoms with Crippen molar-refractivity contribution in [3.63, 3.8) is 0 Å². The van der Waals surface area contributed by atoms with Crippen LogP contribution in [-0.2, 0) is 6.54 Å². The molecule has 1 saturated heterocycles. The van der Waals surface area contributed by atoms with Gasteiger partial charge in [0, 0.05) is 54.0 Å². The topological polar surface area (TPSA) is 83.3 Å². The molecule has 1 fully saturated rings. The number of nitrogens with zero attached hydrogens (tertiary/aromatic N) is 3. The highest BCUT2D eigenvalue weighted by molar-refractivity contribution is 7.99. The standard InChI is InChI=1S/C23H27N5O2S/c1-16(2)21-26-22(30-27-21)18-5-7-19(8-6-18)25-23(29)24-15-17-3-9-20(10-4-17)28-11-13-31-14-12-28/h3-10,16H,11-15H2,1-2H3,(H2,24,25,29). The van der Waals surface area contributed by atoms with Crippen LogP contribution in [-0.4, -0.2) is 40.8 Å². The van der Waals surface area contributed by atoms with Crippen molar-refractivity contribution in [1.82, 2.24) is 15.5 Å². The molecule has 7 nitrogen and oxygen atoms in total. The van der Waals surface area contributed by atoms with Gasteiger partial charge in [0.05, 0.1) is 0 Å². The van der Waals surface area contributed by atoms with Crippen LogP contribution in [0.2, 0.25) is 0 Å². The van der Waals surface area contributed by atoms with Crippen LogP contribution >= 0.6 is 11.8 Å². The molecule has 0 spiro atoms. The molecule has 0 saturated carbocycles. The zero-order chi connectivity index (χ0) is 21.6. The number of carbonyl (C=O) groups excluding carboxylic acids is 1. The molecule has 1 aliphatic heterocycles. The number of urea groups is 1. The normalized spacial score (nSPS) is 14.0. The molecule has 0 aliphatic carbocycles. The van der Waals surface area contributed by atoms with Crippen LogP contribution in [0.3, 0.4) is 0 Å². The quantitative estimate of drug-likeness (QED) is 0.580. The lowest BCUT2D eigenvalue weighted by Crippen LogP contribution is -2.32. The number of anilines is 2. The van der Waals surface area contributed by atoms with E-state index in [0.29, 0.717) is 23.9 Å². The van der Waals surface area contributed by atoms with E-state index in [-0.39, 0.29) is 11.9 Å². The lowest BCUT2D eigenvalue weighted by molar-refractivity contribution is 0.251. The lowest BCUT2D eigenvalue weighted by atomic mass is 10.2. The van der Waals surface area contributed by atoms with Crippen molar-refractivity contribution in [2.75, 3.05) is 34.8 Å². The van der Waals surface area contributed by atoms with Gasteiger partial charge in [0.25, 0.3) is 5.89 Å². The Hall–Kier alpha value is -3.00. The molecule has 162 valence electrons. The zero-order valence-electron chi connectivity index (χ0n) is 17.8. The van der Waals surface area contributed by atoms with Gasteiger partial charge in [0.2, 0.25) is 0 Å². The molecule has 8 heteroatoms. The first kappa shape index (κ1) is 21.2. The molecule has 0 bridgehead atoms. The van der Waals surface area contributed by atoms with Crippen LogP contribution in [0.1, 0.15) is 31.2 Å². The fraction of sp³-hybridized carbons (Fsp3) is 0.348. The molecule has 0 atom stereocenters. The number of thioether (sulfide) groups is 1. The molecule has 0 radical (unpaired) electrons. The van der Waals surface area contributed by atoms with Crippen molar-refractivity contribution >= 4 is 29.2 Å². The van der Waals surface area contributed by atoms with Gasteiger partial charge in [0.15, 0.2) is 5.82 Å². The second-order valence-corrected chi connectivity index (χ2v) is 8.99. The summed E-state index contributed by atoms with van der Waals surface area (Å²) in [6.07, 6.45) is 0. The highest BCUT2D eigenvalue weighted by Gasteiger charge is 2.12. The Labute approximate surface area is 186 Å². The number of benzene rings is 2. The summed E-state index contributed by atoms with van der Waals surface area (Å²) in [7, 11) is 0. The Morgan fingerprint density at radius 2 is 1.81 bits per heavy atom. The van der Waals surface area contributed by atoms with E-state index in [1.54, 1.807) is 0 Å². The molecule has 31 heavy (non-hydrogen) atoms. The molecule has 2 amide bonds. The summed E-state index contributed by atoms with van der Waals surface area (Å²) in [6, 6.07) is 15.5. The van der Waals surface area contributed by atoms with Crippen molar-refractivity contribution in [2.24, 2.45) is 0 Å². The van der Waals surface area contributed by atoms with E-state index < -0.39 is 0 Å². The lowest BCUT2D eigenvalue weighted by Gasteiger charge is -2.28. The van der Waals surface area contributed by atoms with Gasteiger partial charge in [-0.3, -0.25) is 0 Å². The minimum absolute atomic E-state index is 0.210. The summed E-state index contributed by atoms with van der Waals surface area (Å²) in [5.41, 5.74) is 3.83. The fourth-order valence-electron chi connectivity index (χ4n) is 3.29. The highest BCUT2D eigenvalue weighted by atomic mass is 32.2. The predicted molar refractivity (Wildman–Crippen MR) is 126 cm³/mol. The largest absolute Gasteiger partial charge is 0.370 e. The molecule has 4 rings (SSSR count). The fourth-order valence-corrected chi connectivity index (χ4v) is 4.19. The minimum Gasteiger partial charge on any atom is -0.370 e. The van der Waals surface area contributed by atoms with Crippen LogP contribution in [0.5, 0.6) is 0 Å². The molecular formula is C23H27N5O2S. The Bertz CT molecular complexity index is 996. The summed E-state index contributed by atoms with van der Waals surface area (Å²) in [5, 5.41) is 9.73. The second-order valence-electron chi connectivity index (χ2n) is 7.76. The zero-order valence-corrected chi connectivity index (χ0v) is 18.6. The third kappa shape index (κ3) is 5.58. The molecule has 2 aromatic carbocycles. The van der Waals surface area contributed by atoms with E-state index in [1.807, 2.05) is 49.9 Å². The smallest absolute Gasteiger partial charge is 0.319 e. The first-order valence-corrected chi connectivity index (χ1v) is 11.6. The van der Waals surface area contributed by atoms with Crippen molar-refractivity contribution in [1.29, 1.82) is 0 Å². The van der Waals surface area contributed by atoms with Gasteiger partial charge >= 0.3 is 6.03 Å². The summed E-state index contributed by atoms with van der Waals surface area (Å²) in [5.74, 6) is 3.73. The summed E-state index contributed by atoms with van der Waals surface area (Å²) >= 11 is 2.00. The molecule has 1 aromatic heterocycles. The van der Waals surface area contributed by atoms with E-state index in [2.05, 4.69) is 49.9 Å². The molecular weight excluding hydrogens is 410 g/mol. The van der Waals surface area contributed by atoms with E-state index >= 15 is 0 Å². The van der Waals surface area contributed by atoms with Crippen molar-refractivity contribution in [3.8, 4) is 11.5 Å². The Morgan fingerprint density at radius 3 is 2.45 bits per heavy atom. The van der Waals surface area contributed by atoms with Crippen molar-refractivity contribution in [2.45, 2.75) is 26.3 Å². The number of aromatic nitrogens is 2. The van der Waals surface area contributed by atoms with Gasteiger partial charge in [-0.2, -0.15) is 16.7 Å². The molecule has 3 aromatic rings. The molecule has 1 aliphatic rings. The number of rotatable bonds is 6. The van der Waals surface area contributed by atoms with Gasteiger partial charge in [-0.15, -0.1) is 0 Å². The third-order valence-corrected chi connectivity index (χ3v) is 6.06. The van der Waals surface area contributed by atoms with Gasteiger partial charge < -0.3 is 20.1 Å². The average Bonchev–Trinajstić information content (AvgIpc) is 3.30. The minimum atomic E-state index is -0.246. The summed E-state index contributed by atoms with van der Waals surface area (Å²) in [6.45, 7) is 6.69. The van der Waals surface area contributed by atoms with Crippen LogP contribution in [0.25, 0.3) is 11.5 Å². The average molecular weight is 438 g/mol. The number of nitrogens with one attached hydrogen (secondary N) is 2. The first-order valence-electron chi connectivity index (χ1n) is 10.5. The van der Waals surface area contributed by atoms with Crippen LogP contribution in [0.15, 0.2) is 53.1 Å². The van der Waals surface area contributed by atoms with Crippen LogP contribution < -0.4 is 15.5 Å². The Kier molecular flexibility index (Phi) is 6.76. The SMILES string of the molecule is CC(C)c1noc(-c2ccc(NC(=O)NCc3ccc(N4CCSCC4)cc3)cc2)n1. The van der Waals surface area contributed by atoms with Crippen LogP contribution in [0, 0.1) is 0 Å². The number of carbonyl (C=O) groups is 1. The molecule has 2 N–H and O–H groups in total. The summed E-state index contributed by atoms with van der Waals surface area (Å²) in [4.78, 5) is 19.1. The molecule has 2 heterocycles. The predicted octanol–water partition coefficient (Wildman–Crippen LogP) is 4.73. The molecule has 0 unspecified atom stereocenters. The van der Waals surface area contributed by atoms with E-state index in [1.165, 1.54) is 17.2 Å². The van der Waals surface area contributed by atoms with Crippen LogP contribution in [0.4, 0.5) is 16.2 Å². The maximum absolute atomic E-state index is 12.3. The van der Waals surface area contributed by atoms with E-state index in [4.69, 9.17) is 4.52 Å². The number of hydrogen-bond acceptors (Lipinski definition) is 6. The van der Waals surface area contributed by atoms with Gasteiger partial charge in [-0.1, -0.05) is 31.1 Å². The van der Waals surface area contributed by atoms with Gasteiger partial charge in [-0.05, 0) is 42.0 Å². The van der Waals surface area contributed by atoms with Gasteiger partial charge in [0.1, 0.15) is 0 Å². The second kappa shape index (κ2) is 9.87. The Balaban J connectivity index is 1.27. The maximum atomic E-state index is 12.3. The monoisotopic (exact) mass is 437 g/mol. The number of amides is 2. The van der Waals surface area contributed by atoms with Gasteiger partial charge in [-0.25, -0.2) is 4.79 Å². The third-order valence-electron chi connectivity index (χ3n) is 5.11. The highest BCUT2D eigenvalue weighted by Crippen LogP contribution is 2.22.